The summed E-state index contributed by atoms with van der Waals surface area (Å²) in [4.78, 5) is 18.7. The van der Waals surface area contributed by atoms with Crippen LogP contribution in [-0.4, -0.2) is 28.4 Å². The lowest BCUT2D eigenvalue weighted by atomic mass is 9.97. The minimum Gasteiger partial charge on any atom is -0.334 e. The van der Waals surface area contributed by atoms with Crippen LogP contribution in [0.15, 0.2) is 29.6 Å². The Balaban J connectivity index is 1.75. The lowest BCUT2D eigenvalue weighted by Crippen LogP contribution is -2.34. The maximum Gasteiger partial charge on any atom is 0.273 e. The van der Waals surface area contributed by atoms with Crippen LogP contribution < -0.4 is 5.73 Å². The van der Waals surface area contributed by atoms with Crippen molar-refractivity contribution in [3.63, 3.8) is 0 Å². The third-order valence-electron chi connectivity index (χ3n) is 4.12. The van der Waals surface area contributed by atoms with E-state index in [0.717, 1.165) is 17.0 Å². The largest absolute Gasteiger partial charge is 0.334 e. The number of carbonyl (C=O) groups is 1. The standard InChI is InChI=1S/C16H18FN3OS/c1-10-6-12(11-2-4-13(17)5-3-11)8-20(10)16(21)14-9-22-15(7-18)19-14/h2-5,9-10,12H,6-8,18H2,1H3/t10-,12-/m0/s1. The van der Waals surface area contributed by atoms with E-state index in [-0.39, 0.29) is 23.7 Å². The van der Waals surface area contributed by atoms with Crippen LogP contribution in [0.4, 0.5) is 4.39 Å². The van der Waals surface area contributed by atoms with Crippen molar-refractivity contribution in [1.82, 2.24) is 9.88 Å². The maximum atomic E-state index is 13.0. The van der Waals surface area contributed by atoms with Gasteiger partial charge in [0.2, 0.25) is 0 Å². The van der Waals surface area contributed by atoms with E-state index in [2.05, 4.69) is 4.98 Å². The van der Waals surface area contributed by atoms with Gasteiger partial charge in [-0.3, -0.25) is 4.79 Å². The molecule has 0 spiro atoms. The normalized spacial score (nSPS) is 21.3. The van der Waals surface area contributed by atoms with E-state index < -0.39 is 0 Å². The number of thiazole rings is 1. The predicted octanol–water partition coefficient (Wildman–Crippen LogP) is 2.76. The molecule has 1 saturated heterocycles. The fourth-order valence-electron chi connectivity index (χ4n) is 2.94. The second-order valence-corrected chi connectivity index (χ2v) is 6.56. The van der Waals surface area contributed by atoms with Gasteiger partial charge in [-0.25, -0.2) is 9.37 Å². The third kappa shape index (κ3) is 2.89. The van der Waals surface area contributed by atoms with Gasteiger partial charge in [0.05, 0.1) is 0 Å². The second-order valence-electron chi connectivity index (χ2n) is 5.62. The zero-order valence-corrected chi connectivity index (χ0v) is 13.1. The van der Waals surface area contributed by atoms with Crippen molar-refractivity contribution in [2.75, 3.05) is 6.54 Å². The van der Waals surface area contributed by atoms with Crippen molar-refractivity contribution < 1.29 is 9.18 Å². The summed E-state index contributed by atoms with van der Waals surface area (Å²) in [5.74, 6) is -0.0419. The highest BCUT2D eigenvalue weighted by molar-refractivity contribution is 7.09. The Morgan fingerprint density at radius 1 is 1.45 bits per heavy atom. The van der Waals surface area contributed by atoms with Crippen LogP contribution in [0.2, 0.25) is 0 Å². The van der Waals surface area contributed by atoms with Gasteiger partial charge in [0.1, 0.15) is 16.5 Å². The van der Waals surface area contributed by atoms with Crippen LogP contribution in [0.3, 0.4) is 0 Å². The third-order valence-corrected chi connectivity index (χ3v) is 4.99. The molecule has 2 aromatic rings. The monoisotopic (exact) mass is 319 g/mol. The molecule has 3 rings (SSSR count). The summed E-state index contributed by atoms with van der Waals surface area (Å²) in [6.45, 7) is 3.03. The first-order valence-corrected chi connectivity index (χ1v) is 8.17. The minimum absolute atomic E-state index is 0.0481. The highest BCUT2D eigenvalue weighted by Gasteiger charge is 2.34. The first kappa shape index (κ1) is 15.1. The van der Waals surface area contributed by atoms with E-state index in [1.54, 1.807) is 17.5 Å². The smallest absolute Gasteiger partial charge is 0.273 e. The van der Waals surface area contributed by atoms with Gasteiger partial charge < -0.3 is 10.6 Å². The van der Waals surface area contributed by atoms with Crippen molar-refractivity contribution >= 4 is 17.2 Å². The molecule has 0 saturated carbocycles. The number of benzene rings is 1. The SMILES string of the molecule is C[C@H]1C[C@H](c2ccc(F)cc2)CN1C(=O)c1csc(CN)n1. The zero-order valence-electron chi connectivity index (χ0n) is 12.3. The quantitative estimate of drug-likeness (QED) is 0.946. The fourth-order valence-corrected chi connectivity index (χ4v) is 3.59. The predicted molar refractivity (Wildman–Crippen MR) is 84.3 cm³/mol. The molecule has 1 aromatic heterocycles. The Kier molecular flexibility index (Phi) is 4.22. The molecule has 0 aliphatic carbocycles. The molecule has 0 bridgehead atoms. The molecule has 1 amide bonds. The molecule has 1 aromatic carbocycles. The Hall–Kier alpha value is -1.79. The molecule has 0 unspecified atom stereocenters. The van der Waals surface area contributed by atoms with Gasteiger partial charge in [-0.1, -0.05) is 12.1 Å². The number of hydrogen-bond donors (Lipinski definition) is 1. The van der Waals surface area contributed by atoms with Gasteiger partial charge in [0.15, 0.2) is 0 Å². The molecular formula is C16H18FN3OS. The number of nitrogens with two attached hydrogens (primary N) is 1. The van der Waals surface area contributed by atoms with Gasteiger partial charge in [-0.05, 0) is 31.0 Å². The van der Waals surface area contributed by atoms with Crippen LogP contribution in [0.25, 0.3) is 0 Å². The number of amides is 1. The summed E-state index contributed by atoms with van der Waals surface area (Å²) < 4.78 is 13.0. The highest BCUT2D eigenvalue weighted by Crippen LogP contribution is 2.32. The first-order chi connectivity index (χ1) is 10.6. The van der Waals surface area contributed by atoms with Crippen LogP contribution in [0, 0.1) is 5.82 Å². The molecular weight excluding hydrogens is 301 g/mol. The Bertz CT molecular complexity index is 670. The molecule has 1 fully saturated rings. The van der Waals surface area contributed by atoms with E-state index in [9.17, 15) is 9.18 Å². The van der Waals surface area contributed by atoms with Crippen molar-refractivity contribution in [2.24, 2.45) is 5.73 Å². The van der Waals surface area contributed by atoms with Crippen LogP contribution in [0.1, 0.15) is 40.3 Å². The number of hydrogen-bond acceptors (Lipinski definition) is 4. The highest BCUT2D eigenvalue weighted by atomic mass is 32.1. The Labute approximate surface area is 132 Å². The van der Waals surface area contributed by atoms with E-state index >= 15 is 0 Å². The first-order valence-electron chi connectivity index (χ1n) is 7.29. The number of likely N-dealkylation sites (tertiary alicyclic amines) is 1. The van der Waals surface area contributed by atoms with Crippen molar-refractivity contribution in [3.05, 3.63) is 51.7 Å². The van der Waals surface area contributed by atoms with Crippen LogP contribution in [0.5, 0.6) is 0 Å². The average Bonchev–Trinajstić information content (AvgIpc) is 3.14. The van der Waals surface area contributed by atoms with Gasteiger partial charge >= 0.3 is 0 Å². The Morgan fingerprint density at radius 3 is 2.82 bits per heavy atom. The van der Waals surface area contributed by atoms with Crippen molar-refractivity contribution in [3.8, 4) is 0 Å². The summed E-state index contributed by atoms with van der Waals surface area (Å²) in [5.41, 5.74) is 7.09. The minimum atomic E-state index is -0.237. The fraction of sp³-hybridized carbons (Fsp3) is 0.375. The molecule has 2 atom stereocenters. The zero-order chi connectivity index (χ0) is 15.7. The molecule has 22 heavy (non-hydrogen) atoms. The van der Waals surface area contributed by atoms with Gasteiger partial charge in [-0.15, -0.1) is 11.3 Å². The molecule has 2 heterocycles. The van der Waals surface area contributed by atoms with Gasteiger partial charge in [-0.2, -0.15) is 0 Å². The molecule has 1 aliphatic heterocycles. The van der Waals surface area contributed by atoms with E-state index in [1.807, 2.05) is 11.8 Å². The van der Waals surface area contributed by atoms with Crippen molar-refractivity contribution in [2.45, 2.75) is 31.8 Å². The Morgan fingerprint density at radius 2 is 2.18 bits per heavy atom. The number of aromatic nitrogens is 1. The molecule has 2 N–H and O–H groups in total. The van der Waals surface area contributed by atoms with Crippen LogP contribution in [-0.2, 0) is 6.54 Å². The summed E-state index contributed by atoms with van der Waals surface area (Å²) in [6, 6.07) is 6.69. The lowest BCUT2D eigenvalue weighted by molar-refractivity contribution is 0.0740. The van der Waals surface area contributed by atoms with E-state index in [0.29, 0.717) is 18.8 Å². The van der Waals surface area contributed by atoms with E-state index in [4.69, 9.17) is 5.73 Å². The molecule has 0 radical (unpaired) electrons. The van der Waals surface area contributed by atoms with E-state index in [1.165, 1.54) is 23.5 Å². The number of carbonyl (C=O) groups excluding carboxylic acids is 1. The molecule has 6 heteroatoms. The number of rotatable bonds is 3. The summed E-state index contributed by atoms with van der Waals surface area (Å²) in [5, 5.41) is 2.54. The second kappa shape index (κ2) is 6.14. The van der Waals surface area contributed by atoms with Crippen LogP contribution >= 0.6 is 11.3 Å². The average molecular weight is 319 g/mol. The topological polar surface area (TPSA) is 59.2 Å². The lowest BCUT2D eigenvalue weighted by Gasteiger charge is -2.20. The molecule has 4 nitrogen and oxygen atoms in total. The summed E-state index contributed by atoms with van der Waals surface area (Å²) in [7, 11) is 0. The number of halogens is 1. The molecule has 116 valence electrons. The molecule has 1 aliphatic rings. The van der Waals surface area contributed by atoms with Gasteiger partial charge in [0.25, 0.3) is 5.91 Å². The van der Waals surface area contributed by atoms with Gasteiger partial charge in [0, 0.05) is 30.4 Å². The summed E-state index contributed by atoms with van der Waals surface area (Å²) in [6.07, 6.45) is 0.880. The summed E-state index contributed by atoms with van der Waals surface area (Å²) >= 11 is 1.41. The van der Waals surface area contributed by atoms with Crippen molar-refractivity contribution in [1.29, 1.82) is 0 Å². The number of nitrogens with zero attached hydrogens (tertiary/aromatic N) is 2. The maximum absolute atomic E-state index is 13.0.